The van der Waals surface area contributed by atoms with E-state index in [1.807, 2.05) is 13.8 Å². The van der Waals surface area contributed by atoms with Gasteiger partial charge in [-0.1, -0.05) is 0 Å². The zero-order chi connectivity index (χ0) is 6.36. The maximum absolute atomic E-state index is 10.3. The van der Waals surface area contributed by atoms with Crippen LogP contribution in [0.4, 0.5) is 0 Å². The molecular weight excluding hydrogens is 106 g/mol. The monoisotopic (exact) mass is 115 g/mol. The number of hydroxylamine groups is 2. The molecule has 0 radical (unpaired) electrons. The number of carbonyl (C=O) groups excluding carboxylic acids is 1. The van der Waals surface area contributed by atoms with Crippen LogP contribution in [0.2, 0.25) is 0 Å². The lowest BCUT2D eigenvalue weighted by molar-refractivity contribution is -0.221. The van der Waals surface area contributed by atoms with E-state index < -0.39 is 0 Å². The largest absolute Gasteiger partial charge is 0.285 e. The van der Waals surface area contributed by atoms with Crippen molar-refractivity contribution in [2.75, 3.05) is 0 Å². The van der Waals surface area contributed by atoms with E-state index in [0.717, 1.165) is 5.06 Å². The Balaban J connectivity index is 2.60. The SMILES string of the molecule is CC1(C)CC(=O)N1O. The molecule has 0 atom stereocenters. The van der Waals surface area contributed by atoms with Gasteiger partial charge in [0.15, 0.2) is 0 Å². The van der Waals surface area contributed by atoms with Crippen LogP contribution in [0.5, 0.6) is 0 Å². The normalized spacial score (nSPS) is 25.4. The van der Waals surface area contributed by atoms with E-state index in [4.69, 9.17) is 5.21 Å². The van der Waals surface area contributed by atoms with E-state index in [2.05, 4.69) is 0 Å². The van der Waals surface area contributed by atoms with Gasteiger partial charge in [0.25, 0.3) is 0 Å². The first-order valence-electron chi connectivity index (χ1n) is 2.56. The third kappa shape index (κ3) is 0.512. The Labute approximate surface area is 47.9 Å². The fraction of sp³-hybridized carbons (Fsp3) is 0.800. The molecule has 1 aliphatic rings. The summed E-state index contributed by atoms with van der Waals surface area (Å²) in [7, 11) is 0. The Hall–Kier alpha value is -0.570. The molecule has 3 heteroatoms. The van der Waals surface area contributed by atoms with Gasteiger partial charge < -0.3 is 0 Å². The summed E-state index contributed by atoms with van der Waals surface area (Å²) in [6.07, 6.45) is 0.462. The second kappa shape index (κ2) is 1.23. The van der Waals surface area contributed by atoms with Crippen molar-refractivity contribution in [3.63, 3.8) is 0 Å². The van der Waals surface area contributed by atoms with Crippen molar-refractivity contribution in [2.45, 2.75) is 25.8 Å². The molecule has 0 aromatic heterocycles. The van der Waals surface area contributed by atoms with Gasteiger partial charge in [-0.25, -0.2) is 5.06 Å². The zero-order valence-corrected chi connectivity index (χ0v) is 5.01. The van der Waals surface area contributed by atoms with Crippen LogP contribution in [0.15, 0.2) is 0 Å². The fourth-order valence-corrected chi connectivity index (χ4v) is 0.766. The third-order valence-corrected chi connectivity index (χ3v) is 1.39. The zero-order valence-electron chi connectivity index (χ0n) is 5.01. The van der Waals surface area contributed by atoms with Gasteiger partial charge in [0, 0.05) is 0 Å². The van der Waals surface area contributed by atoms with E-state index in [1.54, 1.807) is 0 Å². The Morgan fingerprint density at radius 2 is 2.25 bits per heavy atom. The van der Waals surface area contributed by atoms with Gasteiger partial charge in [0.1, 0.15) is 0 Å². The molecule has 0 aliphatic carbocycles. The molecule has 1 heterocycles. The summed E-state index contributed by atoms with van der Waals surface area (Å²) in [4.78, 5) is 10.3. The molecule has 0 aromatic carbocycles. The minimum absolute atomic E-state index is 0.185. The van der Waals surface area contributed by atoms with Crippen LogP contribution in [0.25, 0.3) is 0 Å². The van der Waals surface area contributed by atoms with Gasteiger partial charge >= 0.3 is 0 Å². The van der Waals surface area contributed by atoms with E-state index >= 15 is 0 Å². The molecule has 1 rings (SSSR count). The lowest BCUT2D eigenvalue weighted by atomic mass is 9.91. The van der Waals surface area contributed by atoms with E-state index in [0.29, 0.717) is 6.42 Å². The number of nitrogens with zero attached hydrogens (tertiary/aromatic N) is 1. The fourth-order valence-electron chi connectivity index (χ4n) is 0.766. The van der Waals surface area contributed by atoms with Crippen LogP contribution in [0.3, 0.4) is 0 Å². The molecule has 8 heavy (non-hydrogen) atoms. The summed E-state index contributed by atoms with van der Waals surface area (Å²) in [5.74, 6) is -0.185. The molecule has 0 saturated carbocycles. The number of rotatable bonds is 0. The highest BCUT2D eigenvalue weighted by atomic mass is 16.5. The van der Waals surface area contributed by atoms with Gasteiger partial charge in [-0.05, 0) is 13.8 Å². The number of hydrogen-bond donors (Lipinski definition) is 1. The first-order chi connectivity index (χ1) is 3.54. The van der Waals surface area contributed by atoms with Crippen molar-refractivity contribution in [2.24, 2.45) is 0 Å². The van der Waals surface area contributed by atoms with Gasteiger partial charge in [0.2, 0.25) is 5.91 Å². The predicted molar refractivity (Wildman–Crippen MR) is 27.3 cm³/mol. The lowest BCUT2D eigenvalue weighted by Crippen LogP contribution is -2.57. The maximum atomic E-state index is 10.3. The smallest absolute Gasteiger partial charge is 0.248 e. The standard InChI is InChI=1S/C5H9NO2/c1-5(2)3-4(7)6(5)8/h8H,3H2,1-2H3. The molecule has 1 aliphatic heterocycles. The molecule has 3 nitrogen and oxygen atoms in total. The van der Waals surface area contributed by atoms with Crippen LogP contribution >= 0.6 is 0 Å². The van der Waals surface area contributed by atoms with Crippen LogP contribution < -0.4 is 0 Å². The van der Waals surface area contributed by atoms with Crippen LogP contribution in [0.1, 0.15) is 20.3 Å². The summed E-state index contributed by atoms with van der Waals surface area (Å²) in [5.41, 5.74) is -0.308. The first-order valence-corrected chi connectivity index (χ1v) is 2.56. The third-order valence-electron chi connectivity index (χ3n) is 1.39. The minimum atomic E-state index is -0.308. The molecule has 0 unspecified atom stereocenters. The molecule has 46 valence electrons. The highest BCUT2D eigenvalue weighted by Crippen LogP contribution is 2.27. The summed E-state index contributed by atoms with van der Waals surface area (Å²) >= 11 is 0. The highest BCUT2D eigenvalue weighted by molar-refractivity contribution is 5.83. The van der Waals surface area contributed by atoms with Gasteiger partial charge in [-0.2, -0.15) is 0 Å². The molecule has 0 bridgehead atoms. The molecular formula is C5H9NO2. The van der Waals surface area contributed by atoms with Crippen molar-refractivity contribution in [3.05, 3.63) is 0 Å². The quantitative estimate of drug-likeness (QED) is 0.366. The average Bonchev–Trinajstić information content (AvgIpc) is 1.65. The van der Waals surface area contributed by atoms with Crippen molar-refractivity contribution in [1.82, 2.24) is 5.06 Å². The summed E-state index contributed by atoms with van der Waals surface area (Å²) in [6, 6.07) is 0. The second-order valence-electron chi connectivity index (χ2n) is 2.69. The van der Waals surface area contributed by atoms with E-state index in [1.165, 1.54) is 0 Å². The van der Waals surface area contributed by atoms with Crippen LogP contribution in [-0.4, -0.2) is 21.7 Å². The first kappa shape index (κ1) is 5.56. The van der Waals surface area contributed by atoms with Crippen molar-refractivity contribution in [1.29, 1.82) is 0 Å². The predicted octanol–water partition coefficient (Wildman–Crippen LogP) is 0.387. The number of β-lactam (4-membered cyclic amide) rings is 1. The van der Waals surface area contributed by atoms with Crippen LogP contribution in [-0.2, 0) is 4.79 Å². The summed E-state index contributed by atoms with van der Waals surface area (Å²) in [5, 5.41) is 9.50. The molecule has 1 amide bonds. The Bertz CT molecular complexity index is 130. The Kier molecular flexibility index (Phi) is 0.854. The number of hydrogen-bond acceptors (Lipinski definition) is 2. The second-order valence-corrected chi connectivity index (χ2v) is 2.69. The van der Waals surface area contributed by atoms with E-state index in [-0.39, 0.29) is 11.4 Å². The van der Waals surface area contributed by atoms with Crippen molar-refractivity contribution >= 4 is 5.91 Å². The molecule has 0 spiro atoms. The maximum Gasteiger partial charge on any atom is 0.248 e. The van der Waals surface area contributed by atoms with Crippen molar-refractivity contribution in [3.8, 4) is 0 Å². The molecule has 1 N–H and O–H groups in total. The van der Waals surface area contributed by atoms with Gasteiger partial charge in [-0.15, -0.1) is 0 Å². The summed E-state index contributed by atoms with van der Waals surface area (Å²) < 4.78 is 0. The Morgan fingerprint density at radius 1 is 1.75 bits per heavy atom. The molecule has 1 fully saturated rings. The molecule has 0 aromatic rings. The number of carbonyl (C=O) groups is 1. The van der Waals surface area contributed by atoms with Gasteiger partial charge in [-0.3, -0.25) is 10.0 Å². The van der Waals surface area contributed by atoms with Crippen molar-refractivity contribution < 1.29 is 10.0 Å². The Morgan fingerprint density at radius 3 is 2.25 bits per heavy atom. The average molecular weight is 115 g/mol. The molecule has 1 saturated heterocycles. The van der Waals surface area contributed by atoms with E-state index in [9.17, 15) is 4.79 Å². The highest BCUT2D eigenvalue weighted by Gasteiger charge is 2.42. The topological polar surface area (TPSA) is 40.5 Å². The van der Waals surface area contributed by atoms with Gasteiger partial charge in [0.05, 0.1) is 12.0 Å². The lowest BCUT2D eigenvalue weighted by Gasteiger charge is -2.42. The summed E-state index contributed by atoms with van der Waals surface area (Å²) in [6.45, 7) is 3.63. The van der Waals surface area contributed by atoms with Crippen LogP contribution in [0, 0.1) is 0 Å². The number of amides is 1. The minimum Gasteiger partial charge on any atom is -0.285 e.